The van der Waals surface area contributed by atoms with Crippen molar-refractivity contribution in [3.63, 3.8) is 0 Å². The van der Waals surface area contributed by atoms with Crippen LogP contribution in [0.25, 0.3) is 0 Å². The number of aromatic nitrogens is 1. The van der Waals surface area contributed by atoms with Crippen LogP contribution in [-0.2, 0) is 6.42 Å². The number of fused-ring (bicyclic) bond motifs is 1. The Morgan fingerprint density at radius 1 is 1.04 bits per heavy atom. The van der Waals surface area contributed by atoms with Crippen LogP contribution in [0.15, 0.2) is 87.7 Å². The molecule has 2 aromatic rings. The number of rotatable bonds is 1. The predicted octanol–water partition coefficient (Wildman–Crippen LogP) is 2.98. The van der Waals surface area contributed by atoms with Gasteiger partial charge in [0.25, 0.3) is 0 Å². The smallest absolute Gasteiger partial charge is 0.165 e. The Morgan fingerprint density at radius 2 is 1.96 bits per heavy atom. The highest BCUT2D eigenvalue weighted by atomic mass is 15.1. The molecule has 0 saturated carbocycles. The van der Waals surface area contributed by atoms with Gasteiger partial charge in [0.2, 0.25) is 0 Å². The first kappa shape index (κ1) is 14.0. The van der Waals surface area contributed by atoms with Crippen LogP contribution >= 0.6 is 0 Å². The summed E-state index contributed by atoms with van der Waals surface area (Å²) in [5.74, 6) is 0.685. The maximum Gasteiger partial charge on any atom is 0.165 e. The maximum atomic E-state index is 4.88. The van der Waals surface area contributed by atoms with Crippen molar-refractivity contribution >= 4 is 23.6 Å². The summed E-state index contributed by atoms with van der Waals surface area (Å²) in [6.45, 7) is 0. The van der Waals surface area contributed by atoms with Gasteiger partial charge in [0, 0.05) is 24.4 Å². The van der Waals surface area contributed by atoms with Crippen LogP contribution in [0, 0.1) is 0 Å². The summed E-state index contributed by atoms with van der Waals surface area (Å²) in [7, 11) is 0. The Hall–Kier alpha value is -3.34. The molecular weight excluding hydrogens is 310 g/mol. The molecule has 5 heteroatoms. The highest BCUT2D eigenvalue weighted by Gasteiger charge is 2.42. The van der Waals surface area contributed by atoms with E-state index in [-0.39, 0.29) is 0 Å². The monoisotopic (exact) mass is 325 g/mol. The van der Waals surface area contributed by atoms with Gasteiger partial charge in [-0.15, -0.1) is 0 Å². The lowest BCUT2D eigenvalue weighted by Gasteiger charge is -2.32. The van der Waals surface area contributed by atoms with Crippen molar-refractivity contribution in [2.24, 2.45) is 15.0 Å². The number of hydrogen-bond donors (Lipinski definition) is 1. The standard InChI is InChI=1S/C20H15N5/c1-2-4-14(5-3-1)17-6-8-20-16(11-22-13-23-20)10-15-7-9-21-12-18(15)25-19(20)24-17/h1-9,11-13H,10H2,(H,22,23). The van der Waals surface area contributed by atoms with Gasteiger partial charge < -0.3 is 5.32 Å². The molecule has 5 rings (SSSR count). The number of benzene rings is 1. The number of pyridine rings is 1. The van der Waals surface area contributed by atoms with E-state index in [1.165, 1.54) is 0 Å². The van der Waals surface area contributed by atoms with Crippen molar-refractivity contribution in [1.29, 1.82) is 0 Å². The number of aliphatic imine (C=N–C) groups is 3. The largest absolute Gasteiger partial charge is 0.353 e. The molecule has 4 heterocycles. The summed E-state index contributed by atoms with van der Waals surface area (Å²) >= 11 is 0. The van der Waals surface area contributed by atoms with Crippen LogP contribution in [0.5, 0.6) is 0 Å². The molecule has 1 atom stereocenters. The minimum absolute atomic E-state index is 0.636. The van der Waals surface area contributed by atoms with Crippen molar-refractivity contribution in [3.05, 3.63) is 83.8 Å². The molecule has 0 saturated heterocycles. The summed E-state index contributed by atoms with van der Waals surface area (Å²) in [5, 5.41) is 3.11. The second-order valence-corrected chi connectivity index (χ2v) is 6.17. The molecule has 1 spiro atoms. The van der Waals surface area contributed by atoms with E-state index in [9.17, 15) is 0 Å². The molecule has 0 fully saturated rings. The van der Waals surface area contributed by atoms with Crippen LogP contribution in [-0.4, -0.2) is 28.4 Å². The van der Waals surface area contributed by atoms with Gasteiger partial charge in [-0.2, -0.15) is 0 Å². The van der Waals surface area contributed by atoms with E-state index in [1.54, 1.807) is 18.7 Å². The molecule has 5 nitrogen and oxygen atoms in total. The van der Waals surface area contributed by atoms with Crippen LogP contribution in [0.1, 0.15) is 11.1 Å². The summed E-state index contributed by atoms with van der Waals surface area (Å²) in [4.78, 5) is 18.7. The van der Waals surface area contributed by atoms with Crippen LogP contribution in [0.2, 0.25) is 0 Å². The average molecular weight is 325 g/mol. The van der Waals surface area contributed by atoms with Gasteiger partial charge in [-0.05, 0) is 29.4 Å². The van der Waals surface area contributed by atoms with Crippen LogP contribution in [0.3, 0.4) is 0 Å². The molecular formula is C20H15N5. The van der Waals surface area contributed by atoms with Crippen molar-refractivity contribution in [3.8, 4) is 0 Å². The molecule has 0 aliphatic carbocycles. The summed E-state index contributed by atoms with van der Waals surface area (Å²) < 4.78 is 0. The SMILES string of the molecule is C1=CC23N=CNC=C2Cc2ccncc2N=C3N=C1c1ccccc1. The van der Waals surface area contributed by atoms with E-state index in [2.05, 4.69) is 28.5 Å². The first-order valence-electron chi connectivity index (χ1n) is 8.20. The second-order valence-electron chi connectivity index (χ2n) is 6.17. The number of allylic oxidation sites excluding steroid dienone is 1. The summed E-state index contributed by atoms with van der Waals surface area (Å²) in [6, 6.07) is 12.1. The van der Waals surface area contributed by atoms with E-state index in [4.69, 9.17) is 15.0 Å². The van der Waals surface area contributed by atoms with Gasteiger partial charge in [0.1, 0.15) is 0 Å². The van der Waals surface area contributed by atoms with Gasteiger partial charge in [0.15, 0.2) is 11.4 Å². The fourth-order valence-electron chi connectivity index (χ4n) is 3.38. The molecule has 0 amide bonds. The molecule has 25 heavy (non-hydrogen) atoms. The minimum Gasteiger partial charge on any atom is -0.353 e. The topological polar surface area (TPSA) is 62.0 Å². The number of hydrogen-bond acceptors (Lipinski definition) is 5. The molecule has 1 N–H and O–H groups in total. The Morgan fingerprint density at radius 3 is 2.88 bits per heavy atom. The zero-order valence-corrected chi connectivity index (χ0v) is 13.4. The Kier molecular flexibility index (Phi) is 3.00. The number of nitrogens with zero attached hydrogens (tertiary/aromatic N) is 4. The first-order chi connectivity index (χ1) is 12.4. The third-order valence-electron chi connectivity index (χ3n) is 4.70. The lowest BCUT2D eigenvalue weighted by Crippen LogP contribution is -2.42. The average Bonchev–Trinajstić information content (AvgIpc) is 2.82. The van der Waals surface area contributed by atoms with E-state index in [0.717, 1.165) is 34.5 Å². The number of amidine groups is 1. The van der Waals surface area contributed by atoms with Crippen molar-refractivity contribution < 1.29 is 0 Å². The highest BCUT2D eigenvalue weighted by Crippen LogP contribution is 2.38. The fourth-order valence-corrected chi connectivity index (χ4v) is 3.38. The second kappa shape index (κ2) is 5.34. The van der Waals surface area contributed by atoms with Gasteiger partial charge >= 0.3 is 0 Å². The van der Waals surface area contributed by atoms with Crippen molar-refractivity contribution in [1.82, 2.24) is 10.3 Å². The van der Waals surface area contributed by atoms with Gasteiger partial charge in [-0.25, -0.2) is 9.98 Å². The zero-order valence-electron chi connectivity index (χ0n) is 13.4. The fraction of sp³-hybridized carbons (Fsp3) is 0.100. The van der Waals surface area contributed by atoms with Crippen LogP contribution < -0.4 is 5.32 Å². The molecule has 1 aromatic heterocycles. The lowest BCUT2D eigenvalue weighted by molar-refractivity contribution is 0.757. The molecule has 0 radical (unpaired) electrons. The maximum absolute atomic E-state index is 4.88. The predicted molar refractivity (Wildman–Crippen MR) is 99.6 cm³/mol. The molecule has 120 valence electrons. The Balaban J connectivity index is 1.72. The van der Waals surface area contributed by atoms with E-state index >= 15 is 0 Å². The third-order valence-corrected chi connectivity index (χ3v) is 4.70. The molecule has 1 aromatic carbocycles. The third kappa shape index (κ3) is 2.16. The molecule has 1 unspecified atom stereocenters. The Bertz CT molecular complexity index is 998. The van der Waals surface area contributed by atoms with E-state index in [0.29, 0.717) is 5.84 Å². The first-order valence-corrected chi connectivity index (χ1v) is 8.20. The number of dihydropyridines is 1. The van der Waals surface area contributed by atoms with Gasteiger partial charge in [0.05, 0.1) is 23.9 Å². The lowest BCUT2D eigenvalue weighted by atomic mass is 9.83. The molecule has 3 aliphatic rings. The summed E-state index contributed by atoms with van der Waals surface area (Å²) in [5.41, 5.74) is 4.44. The minimum atomic E-state index is -0.636. The van der Waals surface area contributed by atoms with E-state index in [1.807, 2.05) is 36.5 Å². The normalized spacial score (nSPS) is 23.1. The van der Waals surface area contributed by atoms with Crippen molar-refractivity contribution in [2.75, 3.05) is 0 Å². The van der Waals surface area contributed by atoms with Gasteiger partial charge in [-0.3, -0.25) is 9.98 Å². The molecule has 3 aliphatic heterocycles. The highest BCUT2D eigenvalue weighted by molar-refractivity contribution is 6.20. The quantitative estimate of drug-likeness (QED) is 0.876. The van der Waals surface area contributed by atoms with Crippen molar-refractivity contribution in [2.45, 2.75) is 12.0 Å². The Labute approximate surface area is 145 Å². The molecule has 0 bridgehead atoms. The van der Waals surface area contributed by atoms with E-state index < -0.39 is 5.54 Å². The van der Waals surface area contributed by atoms with Gasteiger partial charge in [-0.1, -0.05) is 30.3 Å². The number of nitrogens with one attached hydrogen (secondary N) is 1. The zero-order chi connectivity index (χ0) is 16.7. The van der Waals surface area contributed by atoms with Crippen LogP contribution in [0.4, 0.5) is 5.69 Å². The summed E-state index contributed by atoms with van der Waals surface area (Å²) in [6.07, 6.45) is 12.2.